The standard InChI is InChI=1S/C15H19N3O2S/c1-2-11-17-14(16-8-4-7-12(19)20)13-9-5-3-6-10(9)21-15(13)18-11/h2-8H2,1H3,(H,19,20)(H,16,17,18). The molecule has 0 saturated carbocycles. The normalized spacial score (nSPS) is 13.6. The van der Waals surface area contributed by atoms with Crippen molar-refractivity contribution in [3.05, 3.63) is 16.3 Å². The van der Waals surface area contributed by atoms with E-state index in [9.17, 15) is 4.79 Å². The van der Waals surface area contributed by atoms with Crippen LogP contribution in [0.3, 0.4) is 0 Å². The molecule has 0 aromatic carbocycles. The van der Waals surface area contributed by atoms with E-state index in [0.717, 1.165) is 35.7 Å². The highest BCUT2D eigenvalue weighted by molar-refractivity contribution is 7.19. The van der Waals surface area contributed by atoms with E-state index in [-0.39, 0.29) is 6.42 Å². The predicted molar refractivity (Wildman–Crippen MR) is 84.2 cm³/mol. The first-order valence-electron chi connectivity index (χ1n) is 7.46. The van der Waals surface area contributed by atoms with E-state index in [1.54, 1.807) is 11.3 Å². The molecule has 2 aromatic heterocycles. The third-order valence-electron chi connectivity index (χ3n) is 3.79. The Kier molecular flexibility index (Phi) is 4.05. The minimum Gasteiger partial charge on any atom is -0.481 e. The summed E-state index contributed by atoms with van der Waals surface area (Å²) in [5.41, 5.74) is 1.40. The van der Waals surface area contributed by atoms with Crippen LogP contribution in [0.4, 0.5) is 5.82 Å². The van der Waals surface area contributed by atoms with Crippen molar-refractivity contribution in [1.82, 2.24) is 9.97 Å². The van der Waals surface area contributed by atoms with Gasteiger partial charge in [0.25, 0.3) is 0 Å². The number of hydrogen-bond acceptors (Lipinski definition) is 5. The fourth-order valence-corrected chi connectivity index (χ4v) is 4.05. The van der Waals surface area contributed by atoms with Gasteiger partial charge in [0.2, 0.25) is 0 Å². The Balaban J connectivity index is 1.89. The zero-order valence-corrected chi connectivity index (χ0v) is 12.9. The lowest BCUT2D eigenvalue weighted by Gasteiger charge is -2.09. The highest BCUT2D eigenvalue weighted by Crippen LogP contribution is 2.39. The number of carboxylic acid groups (broad SMARTS) is 1. The largest absolute Gasteiger partial charge is 0.481 e. The van der Waals surface area contributed by atoms with E-state index in [1.165, 1.54) is 22.2 Å². The van der Waals surface area contributed by atoms with Crippen molar-refractivity contribution < 1.29 is 9.90 Å². The minimum absolute atomic E-state index is 0.184. The molecule has 0 atom stereocenters. The van der Waals surface area contributed by atoms with Gasteiger partial charge < -0.3 is 10.4 Å². The number of carboxylic acids is 1. The summed E-state index contributed by atoms with van der Waals surface area (Å²) in [5, 5.41) is 13.2. The summed E-state index contributed by atoms with van der Waals surface area (Å²) < 4.78 is 0. The molecule has 112 valence electrons. The van der Waals surface area contributed by atoms with E-state index in [1.807, 2.05) is 0 Å². The summed E-state index contributed by atoms with van der Waals surface area (Å²) in [6.45, 7) is 2.68. The smallest absolute Gasteiger partial charge is 0.303 e. The number of anilines is 1. The third-order valence-corrected chi connectivity index (χ3v) is 4.97. The van der Waals surface area contributed by atoms with Crippen molar-refractivity contribution in [3.8, 4) is 0 Å². The lowest BCUT2D eigenvalue weighted by atomic mass is 10.2. The zero-order chi connectivity index (χ0) is 14.8. The number of aliphatic carboxylic acids is 1. The van der Waals surface area contributed by atoms with Crippen LogP contribution in [-0.2, 0) is 24.1 Å². The average Bonchev–Trinajstić information content (AvgIpc) is 3.02. The van der Waals surface area contributed by atoms with Crippen LogP contribution >= 0.6 is 11.3 Å². The van der Waals surface area contributed by atoms with Crippen LogP contribution in [0.25, 0.3) is 10.2 Å². The molecule has 1 aliphatic carbocycles. The first-order valence-corrected chi connectivity index (χ1v) is 8.27. The van der Waals surface area contributed by atoms with Gasteiger partial charge in [0.1, 0.15) is 16.5 Å². The first kappa shape index (κ1) is 14.3. The van der Waals surface area contributed by atoms with Gasteiger partial charge in [-0.25, -0.2) is 9.97 Å². The molecule has 5 nitrogen and oxygen atoms in total. The maximum absolute atomic E-state index is 10.6. The number of carbonyl (C=O) groups is 1. The van der Waals surface area contributed by atoms with Gasteiger partial charge in [-0.3, -0.25) is 4.79 Å². The number of aromatic nitrogens is 2. The number of aryl methyl sites for hydroxylation is 3. The highest BCUT2D eigenvalue weighted by Gasteiger charge is 2.21. The van der Waals surface area contributed by atoms with E-state index in [4.69, 9.17) is 5.11 Å². The number of rotatable bonds is 6. The van der Waals surface area contributed by atoms with Crippen LogP contribution < -0.4 is 5.32 Å². The van der Waals surface area contributed by atoms with Gasteiger partial charge in [0, 0.05) is 24.3 Å². The molecule has 1 aliphatic rings. The number of nitrogens with zero attached hydrogens (tertiary/aromatic N) is 2. The van der Waals surface area contributed by atoms with Gasteiger partial charge in [-0.2, -0.15) is 0 Å². The molecule has 0 spiro atoms. The third kappa shape index (κ3) is 2.85. The molecular weight excluding hydrogens is 286 g/mol. The van der Waals surface area contributed by atoms with E-state index in [2.05, 4.69) is 22.2 Å². The SMILES string of the molecule is CCc1nc(NCCCC(=O)O)c2c3c(sc2n1)CCC3. The molecule has 2 aromatic rings. The molecule has 2 N–H and O–H groups in total. The number of thiophene rings is 1. The van der Waals surface area contributed by atoms with E-state index in [0.29, 0.717) is 13.0 Å². The molecule has 0 fully saturated rings. The van der Waals surface area contributed by atoms with Crippen LogP contribution in [0.15, 0.2) is 0 Å². The summed E-state index contributed by atoms with van der Waals surface area (Å²) in [6.07, 6.45) is 5.07. The van der Waals surface area contributed by atoms with Gasteiger partial charge in [0.15, 0.2) is 0 Å². The van der Waals surface area contributed by atoms with Crippen molar-refractivity contribution in [2.45, 2.75) is 45.4 Å². The second kappa shape index (κ2) is 5.97. The summed E-state index contributed by atoms with van der Waals surface area (Å²) in [4.78, 5) is 22.4. The number of nitrogens with one attached hydrogen (secondary N) is 1. The summed E-state index contributed by atoms with van der Waals surface area (Å²) in [6, 6.07) is 0. The Bertz CT molecular complexity index is 681. The van der Waals surface area contributed by atoms with Gasteiger partial charge in [0.05, 0.1) is 5.39 Å². The number of hydrogen-bond donors (Lipinski definition) is 2. The van der Waals surface area contributed by atoms with Crippen molar-refractivity contribution in [2.24, 2.45) is 0 Å². The summed E-state index contributed by atoms with van der Waals surface area (Å²) in [7, 11) is 0. The average molecular weight is 305 g/mol. The molecule has 0 saturated heterocycles. The second-order valence-electron chi connectivity index (χ2n) is 5.30. The molecular formula is C15H19N3O2S. The lowest BCUT2D eigenvalue weighted by molar-refractivity contribution is -0.137. The molecule has 0 aliphatic heterocycles. The van der Waals surface area contributed by atoms with Crippen molar-refractivity contribution >= 4 is 33.3 Å². The fraction of sp³-hybridized carbons (Fsp3) is 0.533. The van der Waals surface area contributed by atoms with Gasteiger partial charge in [-0.05, 0) is 31.2 Å². The molecule has 21 heavy (non-hydrogen) atoms. The Labute approximate surface area is 127 Å². The number of fused-ring (bicyclic) bond motifs is 3. The van der Waals surface area contributed by atoms with Crippen LogP contribution in [-0.4, -0.2) is 27.6 Å². The molecule has 0 unspecified atom stereocenters. The van der Waals surface area contributed by atoms with Crippen molar-refractivity contribution in [2.75, 3.05) is 11.9 Å². The monoisotopic (exact) mass is 305 g/mol. The minimum atomic E-state index is -0.754. The Hall–Kier alpha value is -1.69. The maximum atomic E-state index is 10.6. The zero-order valence-electron chi connectivity index (χ0n) is 12.1. The first-order chi connectivity index (χ1) is 10.2. The summed E-state index contributed by atoms with van der Waals surface area (Å²) >= 11 is 1.79. The van der Waals surface area contributed by atoms with Crippen LogP contribution in [0.1, 0.15) is 42.5 Å². The predicted octanol–water partition coefficient (Wildman–Crippen LogP) is 3.02. The van der Waals surface area contributed by atoms with E-state index < -0.39 is 5.97 Å². The van der Waals surface area contributed by atoms with Crippen LogP contribution in [0.5, 0.6) is 0 Å². The van der Waals surface area contributed by atoms with Crippen molar-refractivity contribution in [1.29, 1.82) is 0 Å². The highest BCUT2D eigenvalue weighted by atomic mass is 32.1. The topological polar surface area (TPSA) is 75.1 Å². The Morgan fingerprint density at radius 2 is 2.24 bits per heavy atom. The van der Waals surface area contributed by atoms with Gasteiger partial charge >= 0.3 is 5.97 Å². The Morgan fingerprint density at radius 3 is 3.00 bits per heavy atom. The molecule has 0 bridgehead atoms. The lowest BCUT2D eigenvalue weighted by Crippen LogP contribution is -2.08. The van der Waals surface area contributed by atoms with Gasteiger partial charge in [-0.15, -0.1) is 11.3 Å². The quantitative estimate of drug-likeness (QED) is 0.802. The fourth-order valence-electron chi connectivity index (χ4n) is 2.77. The second-order valence-corrected chi connectivity index (χ2v) is 6.39. The molecule has 0 radical (unpaired) electrons. The van der Waals surface area contributed by atoms with Crippen LogP contribution in [0.2, 0.25) is 0 Å². The Morgan fingerprint density at radius 1 is 1.38 bits per heavy atom. The van der Waals surface area contributed by atoms with Crippen molar-refractivity contribution in [3.63, 3.8) is 0 Å². The van der Waals surface area contributed by atoms with E-state index >= 15 is 0 Å². The van der Waals surface area contributed by atoms with Crippen LogP contribution in [0, 0.1) is 0 Å². The summed E-state index contributed by atoms with van der Waals surface area (Å²) in [5.74, 6) is 0.986. The molecule has 6 heteroatoms. The molecule has 0 amide bonds. The maximum Gasteiger partial charge on any atom is 0.303 e. The molecule has 2 heterocycles. The van der Waals surface area contributed by atoms with Gasteiger partial charge in [-0.1, -0.05) is 6.92 Å². The molecule has 3 rings (SSSR count).